The van der Waals surface area contributed by atoms with E-state index in [-0.39, 0.29) is 0 Å². The number of rotatable bonds is 5. The lowest BCUT2D eigenvalue weighted by Crippen LogP contribution is -2.02. The van der Waals surface area contributed by atoms with Crippen molar-refractivity contribution in [3.8, 4) is 17.1 Å². The van der Waals surface area contributed by atoms with Gasteiger partial charge in [-0.2, -0.15) is 0 Å². The molecule has 0 unspecified atom stereocenters. The van der Waals surface area contributed by atoms with Crippen molar-refractivity contribution in [2.45, 2.75) is 35.9 Å². The molecule has 3 aromatic heterocycles. The van der Waals surface area contributed by atoms with E-state index < -0.39 is 0 Å². The molecule has 29 heavy (non-hydrogen) atoms. The molecule has 1 aliphatic rings. The summed E-state index contributed by atoms with van der Waals surface area (Å²) >= 11 is 7.70. The molecule has 0 aliphatic heterocycles. The molecule has 1 aliphatic carbocycles. The van der Waals surface area contributed by atoms with Crippen LogP contribution in [-0.4, -0.2) is 29.7 Å². The Morgan fingerprint density at radius 1 is 1.07 bits per heavy atom. The van der Waals surface area contributed by atoms with Crippen molar-refractivity contribution in [1.29, 1.82) is 0 Å². The summed E-state index contributed by atoms with van der Waals surface area (Å²) in [5.41, 5.74) is 3.04. The Kier molecular flexibility index (Phi) is 4.77. The zero-order valence-corrected chi connectivity index (χ0v) is 17.2. The van der Waals surface area contributed by atoms with Gasteiger partial charge in [0.15, 0.2) is 5.82 Å². The second kappa shape index (κ2) is 7.57. The Morgan fingerprint density at radius 3 is 2.69 bits per heavy atom. The first-order valence-corrected chi connectivity index (χ1v) is 10.5. The van der Waals surface area contributed by atoms with Crippen LogP contribution >= 0.6 is 23.4 Å². The molecule has 144 valence electrons. The van der Waals surface area contributed by atoms with Crippen molar-refractivity contribution in [3.05, 3.63) is 71.4 Å². The van der Waals surface area contributed by atoms with Crippen molar-refractivity contribution in [3.63, 3.8) is 0 Å². The van der Waals surface area contributed by atoms with E-state index in [4.69, 9.17) is 16.6 Å². The molecule has 0 amide bonds. The first-order chi connectivity index (χ1) is 14.2. The molecule has 0 N–H and O–H groups in total. The van der Waals surface area contributed by atoms with Crippen LogP contribution in [0.2, 0.25) is 5.15 Å². The maximum atomic E-state index is 6.26. The van der Waals surface area contributed by atoms with Crippen molar-refractivity contribution >= 4 is 23.4 Å². The number of hydrogen-bond acceptors (Lipinski definition) is 6. The normalized spacial score (nSPS) is 13.6. The van der Waals surface area contributed by atoms with Crippen molar-refractivity contribution in [2.75, 3.05) is 0 Å². The number of hydrogen-bond donors (Lipinski definition) is 0. The average Bonchev–Trinajstić information content (AvgIpc) is 3.50. The Labute approximate surface area is 177 Å². The molecule has 1 aromatic carbocycles. The van der Waals surface area contributed by atoms with Gasteiger partial charge in [-0.05, 0) is 55.3 Å². The zero-order chi connectivity index (χ0) is 19.8. The number of halogens is 1. The van der Waals surface area contributed by atoms with Gasteiger partial charge in [0.1, 0.15) is 16.0 Å². The monoisotopic (exact) mass is 420 g/mol. The highest BCUT2D eigenvalue weighted by atomic mass is 35.5. The quantitative estimate of drug-likeness (QED) is 0.418. The van der Waals surface area contributed by atoms with Crippen LogP contribution < -0.4 is 0 Å². The molecule has 4 aromatic rings. The predicted molar refractivity (Wildman–Crippen MR) is 112 cm³/mol. The molecule has 3 heterocycles. The highest BCUT2D eigenvalue weighted by molar-refractivity contribution is 7.99. The predicted octanol–water partition coefficient (Wildman–Crippen LogP) is 5.11. The highest BCUT2D eigenvalue weighted by Gasteiger charge is 2.28. The van der Waals surface area contributed by atoms with Gasteiger partial charge in [-0.1, -0.05) is 29.8 Å². The standard InChI is InChI=1S/C21H17ClN6S/c1-13-5-2-3-7-16(13)28-20(15-6-4-10-23-12-15)26-27-21(28)29-18-11-17(22)24-19(25-18)14-8-9-14/h2-7,10-12,14H,8-9H2,1H3. The third-order valence-electron chi connectivity index (χ3n) is 4.74. The number of pyridine rings is 1. The Bertz CT molecular complexity index is 1170. The Morgan fingerprint density at radius 2 is 1.93 bits per heavy atom. The summed E-state index contributed by atoms with van der Waals surface area (Å²) in [6.45, 7) is 2.07. The molecule has 8 heteroatoms. The second-order valence-electron chi connectivity index (χ2n) is 6.93. The van der Waals surface area contributed by atoms with Gasteiger partial charge in [0.25, 0.3) is 0 Å². The lowest BCUT2D eigenvalue weighted by molar-refractivity contribution is 0.856. The van der Waals surface area contributed by atoms with Crippen LogP contribution in [0.5, 0.6) is 0 Å². The van der Waals surface area contributed by atoms with E-state index in [2.05, 4.69) is 39.2 Å². The minimum atomic E-state index is 0.424. The van der Waals surface area contributed by atoms with E-state index in [1.807, 2.05) is 28.8 Å². The summed E-state index contributed by atoms with van der Waals surface area (Å²) in [6.07, 6.45) is 5.78. The van der Waals surface area contributed by atoms with Gasteiger partial charge in [-0.15, -0.1) is 10.2 Å². The van der Waals surface area contributed by atoms with Crippen LogP contribution in [0.15, 0.2) is 65.0 Å². The van der Waals surface area contributed by atoms with Gasteiger partial charge >= 0.3 is 0 Å². The number of nitrogens with zero attached hydrogens (tertiary/aromatic N) is 6. The average molecular weight is 421 g/mol. The fourth-order valence-electron chi connectivity index (χ4n) is 3.13. The summed E-state index contributed by atoms with van der Waals surface area (Å²) in [7, 11) is 0. The fourth-order valence-corrected chi connectivity index (χ4v) is 4.24. The van der Waals surface area contributed by atoms with Crippen LogP contribution in [0, 0.1) is 6.92 Å². The first kappa shape index (κ1) is 18.3. The van der Waals surface area contributed by atoms with Gasteiger partial charge in [-0.25, -0.2) is 9.97 Å². The van der Waals surface area contributed by atoms with Crippen molar-refractivity contribution in [2.24, 2.45) is 0 Å². The van der Waals surface area contributed by atoms with E-state index >= 15 is 0 Å². The Balaban J connectivity index is 1.62. The second-order valence-corrected chi connectivity index (χ2v) is 8.31. The lowest BCUT2D eigenvalue weighted by Gasteiger charge is -2.12. The maximum absolute atomic E-state index is 6.26. The Hall–Kier alpha value is -2.77. The van der Waals surface area contributed by atoms with Crippen LogP contribution in [0.4, 0.5) is 0 Å². The summed E-state index contributed by atoms with van der Waals surface area (Å²) in [5.74, 6) is 1.97. The largest absolute Gasteiger partial charge is 0.269 e. The molecule has 0 spiro atoms. The molecule has 1 fully saturated rings. The third kappa shape index (κ3) is 3.75. The molecular formula is C21H17ClN6S. The van der Waals surface area contributed by atoms with Gasteiger partial charge in [-0.3, -0.25) is 9.55 Å². The molecule has 6 nitrogen and oxygen atoms in total. The first-order valence-electron chi connectivity index (χ1n) is 9.33. The van der Waals surface area contributed by atoms with Gasteiger partial charge < -0.3 is 0 Å². The number of para-hydroxylation sites is 1. The SMILES string of the molecule is Cc1ccccc1-n1c(Sc2cc(Cl)nc(C3CC3)n2)nnc1-c1cccnc1. The number of aromatic nitrogens is 6. The van der Waals surface area contributed by atoms with Crippen LogP contribution in [0.25, 0.3) is 17.1 Å². The summed E-state index contributed by atoms with van der Waals surface area (Å²) in [4.78, 5) is 13.3. The molecule has 5 rings (SSSR count). The third-order valence-corrected chi connectivity index (χ3v) is 5.80. The van der Waals surface area contributed by atoms with Crippen LogP contribution in [0.1, 0.15) is 30.1 Å². The maximum Gasteiger partial charge on any atom is 0.202 e. The highest BCUT2D eigenvalue weighted by Crippen LogP contribution is 2.40. The van der Waals surface area contributed by atoms with E-state index in [0.29, 0.717) is 11.1 Å². The molecule has 1 saturated carbocycles. The summed E-state index contributed by atoms with van der Waals surface area (Å²) in [6, 6.07) is 13.8. The topological polar surface area (TPSA) is 69.4 Å². The molecule has 0 radical (unpaired) electrons. The summed E-state index contributed by atoms with van der Waals surface area (Å²) in [5, 5.41) is 10.9. The molecule has 0 bridgehead atoms. The van der Waals surface area contributed by atoms with Crippen LogP contribution in [0.3, 0.4) is 0 Å². The van der Waals surface area contributed by atoms with Crippen molar-refractivity contribution in [1.82, 2.24) is 29.7 Å². The van der Waals surface area contributed by atoms with Gasteiger partial charge in [0.2, 0.25) is 5.16 Å². The van der Waals surface area contributed by atoms with Crippen LogP contribution in [-0.2, 0) is 0 Å². The molecular weight excluding hydrogens is 404 g/mol. The molecule has 0 atom stereocenters. The zero-order valence-electron chi connectivity index (χ0n) is 15.7. The van der Waals surface area contributed by atoms with E-state index in [0.717, 1.165) is 51.5 Å². The fraction of sp³-hybridized carbons (Fsp3) is 0.190. The minimum Gasteiger partial charge on any atom is -0.269 e. The number of aryl methyl sites for hydroxylation is 1. The van der Waals surface area contributed by atoms with Gasteiger partial charge in [0.05, 0.1) is 5.69 Å². The minimum absolute atomic E-state index is 0.424. The van der Waals surface area contributed by atoms with Gasteiger partial charge in [0, 0.05) is 29.9 Å². The molecule has 0 saturated heterocycles. The van der Waals surface area contributed by atoms with E-state index in [1.54, 1.807) is 18.5 Å². The van der Waals surface area contributed by atoms with E-state index in [9.17, 15) is 0 Å². The summed E-state index contributed by atoms with van der Waals surface area (Å²) < 4.78 is 2.05. The van der Waals surface area contributed by atoms with Crippen molar-refractivity contribution < 1.29 is 0 Å². The smallest absolute Gasteiger partial charge is 0.202 e. The van der Waals surface area contributed by atoms with E-state index in [1.165, 1.54) is 11.8 Å². The number of benzene rings is 1. The lowest BCUT2D eigenvalue weighted by atomic mass is 10.2.